The summed E-state index contributed by atoms with van der Waals surface area (Å²) in [4.78, 5) is 11.6. The van der Waals surface area contributed by atoms with Crippen LogP contribution in [0.1, 0.15) is 32.8 Å². The zero-order valence-electron chi connectivity index (χ0n) is 18.9. The minimum atomic E-state index is -1.94. The summed E-state index contributed by atoms with van der Waals surface area (Å²) < 4.78 is 27.5. The number of benzene rings is 1. The number of rotatable bonds is 12. The van der Waals surface area contributed by atoms with E-state index >= 15 is 0 Å². The van der Waals surface area contributed by atoms with Gasteiger partial charge in [0.15, 0.2) is 8.32 Å². The van der Waals surface area contributed by atoms with Crippen molar-refractivity contribution in [1.82, 2.24) is 0 Å². The summed E-state index contributed by atoms with van der Waals surface area (Å²) in [7, 11) is 1.05. The molecule has 6 nitrogen and oxygen atoms in total. The van der Waals surface area contributed by atoms with Crippen molar-refractivity contribution in [3.63, 3.8) is 0 Å². The van der Waals surface area contributed by atoms with Crippen molar-refractivity contribution in [3.05, 3.63) is 41.7 Å². The van der Waals surface area contributed by atoms with Crippen molar-refractivity contribution in [1.29, 1.82) is 0 Å². The summed E-state index contributed by atoms with van der Waals surface area (Å²) in [5.41, 5.74) is 1.08. The Morgan fingerprint density at radius 1 is 1.07 bits per heavy atom. The Balaban J connectivity index is 2.42. The first-order chi connectivity index (χ1) is 13.6. The normalized spacial score (nSPS) is 12.6. The molecule has 0 N–H and O–H groups in total. The van der Waals surface area contributed by atoms with E-state index in [1.54, 1.807) is 7.11 Å². The van der Waals surface area contributed by atoms with E-state index in [1.807, 2.05) is 24.3 Å². The molecule has 0 amide bonds. The van der Waals surface area contributed by atoms with Gasteiger partial charge in [-0.3, -0.25) is 0 Å². The van der Waals surface area contributed by atoms with E-state index in [-0.39, 0.29) is 11.6 Å². The molecule has 0 fully saturated rings. The SMILES string of the molecule is COC(=O)/C=C(\CO[Si](C)(C)C(C)(C)C)OCCCOCc1ccc(OC)cc1. The monoisotopic (exact) mass is 424 g/mol. The van der Waals surface area contributed by atoms with Crippen LogP contribution in [0.5, 0.6) is 5.75 Å². The van der Waals surface area contributed by atoms with E-state index in [0.717, 1.165) is 11.3 Å². The third-order valence-corrected chi connectivity index (χ3v) is 9.49. The van der Waals surface area contributed by atoms with Gasteiger partial charge in [0.1, 0.15) is 11.5 Å². The minimum absolute atomic E-state index is 0.0820. The second-order valence-electron chi connectivity index (χ2n) is 8.29. The topological polar surface area (TPSA) is 63.2 Å². The number of carbonyl (C=O) groups is 1. The predicted molar refractivity (Wildman–Crippen MR) is 116 cm³/mol. The van der Waals surface area contributed by atoms with Crippen LogP contribution in [0.3, 0.4) is 0 Å². The van der Waals surface area contributed by atoms with Crippen LogP contribution in [0.2, 0.25) is 18.1 Å². The van der Waals surface area contributed by atoms with Crippen molar-refractivity contribution in [2.45, 2.75) is 51.9 Å². The van der Waals surface area contributed by atoms with Crippen LogP contribution in [-0.2, 0) is 30.0 Å². The van der Waals surface area contributed by atoms with Gasteiger partial charge in [0, 0.05) is 6.42 Å². The average molecular weight is 425 g/mol. The Morgan fingerprint density at radius 3 is 2.28 bits per heavy atom. The van der Waals surface area contributed by atoms with Crippen LogP contribution < -0.4 is 4.74 Å². The number of methoxy groups -OCH3 is 2. The fraction of sp³-hybridized carbons (Fsp3) is 0.591. The lowest BCUT2D eigenvalue weighted by Crippen LogP contribution is -2.41. The first kappa shape index (κ1) is 25.2. The fourth-order valence-corrected chi connectivity index (χ4v) is 3.00. The largest absolute Gasteiger partial charge is 0.497 e. The van der Waals surface area contributed by atoms with Gasteiger partial charge in [-0.2, -0.15) is 0 Å². The van der Waals surface area contributed by atoms with Gasteiger partial charge in [0.2, 0.25) is 0 Å². The molecule has 164 valence electrons. The molecule has 0 aliphatic carbocycles. The van der Waals surface area contributed by atoms with Crippen molar-refractivity contribution >= 4 is 14.3 Å². The van der Waals surface area contributed by atoms with Crippen molar-refractivity contribution in [2.24, 2.45) is 0 Å². The quantitative estimate of drug-likeness (QED) is 0.159. The Morgan fingerprint density at radius 2 is 1.72 bits per heavy atom. The van der Waals surface area contributed by atoms with Crippen LogP contribution in [0.25, 0.3) is 0 Å². The lowest BCUT2D eigenvalue weighted by Gasteiger charge is -2.36. The molecule has 0 radical (unpaired) electrons. The predicted octanol–water partition coefficient (Wildman–Crippen LogP) is 4.70. The molecule has 1 aromatic carbocycles. The number of carbonyl (C=O) groups excluding carboxylic acids is 1. The number of esters is 1. The van der Waals surface area contributed by atoms with Crippen LogP contribution in [0.4, 0.5) is 0 Å². The molecule has 0 heterocycles. The molecule has 0 unspecified atom stereocenters. The summed E-state index contributed by atoms with van der Waals surface area (Å²) >= 11 is 0. The maximum Gasteiger partial charge on any atom is 0.333 e. The molecule has 1 rings (SSSR count). The zero-order valence-corrected chi connectivity index (χ0v) is 19.9. The molecule has 29 heavy (non-hydrogen) atoms. The van der Waals surface area contributed by atoms with E-state index < -0.39 is 14.3 Å². The number of hydrogen-bond acceptors (Lipinski definition) is 6. The molecule has 0 aromatic heterocycles. The van der Waals surface area contributed by atoms with Gasteiger partial charge in [-0.15, -0.1) is 0 Å². The van der Waals surface area contributed by atoms with Gasteiger partial charge >= 0.3 is 5.97 Å². The number of hydrogen-bond donors (Lipinski definition) is 0. The van der Waals surface area contributed by atoms with E-state index in [4.69, 9.17) is 23.4 Å². The highest BCUT2D eigenvalue weighted by Gasteiger charge is 2.37. The van der Waals surface area contributed by atoms with E-state index in [1.165, 1.54) is 13.2 Å². The summed E-state index contributed by atoms with van der Waals surface area (Å²) in [6.07, 6.45) is 2.06. The highest BCUT2D eigenvalue weighted by molar-refractivity contribution is 6.74. The highest BCUT2D eigenvalue weighted by atomic mass is 28.4. The van der Waals surface area contributed by atoms with E-state index in [0.29, 0.717) is 32.0 Å². The molecular formula is C22H36O6Si. The van der Waals surface area contributed by atoms with Crippen molar-refractivity contribution in [2.75, 3.05) is 34.0 Å². The van der Waals surface area contributed by atoms with Gasteiger partial charge in [-0.25, -0.2) is 4.79 Å². The molecule has 1 aromatic rings. The minimum Gasteiger partial charge on any atom is -0.497 e. The molecule has 0 saturated carbocycles. The first-order valence-corrected chi connectivity index (χ1v) is 12.8. The maximum atomic E-state index is 11.6. The molecule has 0 aliphatic rings. The van der Waals surface area contributed by atoms with Gasteiger partial charge in [-0.1, -0.05) is 32.9 Å². The lowest BCUT2D eigenvalue weighted by atomic mass is 10.2. The molecule has 7 heteroatoms. The lowest BCUT2D eigenvalue weighted by molar-refractivity contribution is -0.135. The third-order valence-electron chi connectivity index (χ3n) is 5.01. The van der Waals surface area contributed by atoms with Crippen LogP contribution >= 0.6 is 0 Å². The summed E-state index contributed by atoms with van der Waals surface area (Å²) in [5.74, 6) is 0.860. The van der Waals surface area contributed by atoms with Crippen LogP contribution in [0, 0.1) is 0 Å². The standard InChI is InChI=1S/C22H36O6Si/c1-22(2,3)29(6,7)28-17-20(15-21(23)25-5)27-14-8-13-26-16-18-9-11-19(24-4)12-10-18/h9-12,15H,8,13-14,16-17H2,1-7H3/b20-15+. The fourth-order valence-electron chi connectivity index (χ4n) is 2.06. The zero-order chi connectivity index (χ0) is 21.9. The Kier molecular flexibility index (Phi) is 10.4. The number of ether oxygens (including phenoxy) is 4. The van der Waals surface area contributed by atoms with Gasteiger partial charge in [-0.05, 0) is 35.8 Å². The molecule has 0 bridgehead atoms. The van der Waals surface area contributed by atoms with Crippen molar-refractivity contribution < 1.29 is 28.2 Å². The van der Waals surface area contributed by atoms with Gasteiger partial charge in [0.05, 0.1) is 46.7 Å². The van der Waals surface area contributed by atoms with E-state index in [9.17, 15) is 4.79 Å². The van der Waals surface area contributed by atoms with E-state index in [2.05, 4.69) is 33.9 Å². The molecule has 0 saturated heterocycles. The highest BCUT2D eigenvalue weighted by Crippen LogP contribution is 2.36. The van der Waals surface area contributed by atoms with Crippen LogP contribution in [0.15, 0.2) is 36.1 Å². The third kappa shape index (κ3) is 9.47. The average Bonchev–Trinajstić information content (AvgIpc) is 2.67. The summed E-state index contributed by atoms with van der Waals surface area (Å²) in [5, 5.41) is 0.0820. The second kappa shape index (κ2) is 12.0. The second-order valence-corrected chi connectivity index (χ2v) is 13.1. The maximum absolute atomic E-state index is 11.6. The Labute approximate surface area is 176 Å². The molecular weight excluding hydrogens is 388 g/mol. The smallest absolute Gasteiger partial charge is 0.333 e. The summed E-state index contributed by atoms with van der Waals surface area (Å²) in [6.45, 7) is 12.6. The first-order valence-electron chi connectivity index (χ1n) is 9.85. The van der Waals surface area contributed by atoms with Crippen LogP contribution in [-0.4, -0.2) is 48.3 Å². The molecule has 0 atom stereocenters. The summed E-state index contributed by atoms with van der Waals surface area (Å²) in [6, 6.07) is 7.78. The van der Waals surface area contributed by atoms with Gasteiger partial charge in [0.25, 0.3) is 0 Å². The Bertz CT molecular complexity index is 646. The molecule has 0 aliphatic heterocycles. The molecule has 0 spiro atoms. The van der Waals surface area contributed by atoms with Crippen molar-refractivity contribution in [3.8, 4) is 5.75 Å². The van der Waals surface area contributed by atoms with Gasteiger partial charge < -0.3 is 23.4 Å². The Hall–Kier alpha value is -1.83.